The van der Waals surface area contributed by atoms with Gasteiger partial charge < -0.3 is 15.3 Å². The van der Waals surface area contributed by atoms with E-state index in [0.717, 1.165) is 17.6 Å². The average molecular weight is 490 g/mol. The maximum absolute atomic E-state index is 12.9. The number of carbonyl (C=O) groups is 1. The van der Waals surface area contributed by atoms with Gasteiger partial charge in [-0.2, -0.15) is 18.3 Å². The molecule has 0 aromatic carbocycles. The fourth-order valence-electron chi connectivity index (χ4n) is 3.99. The minimum atomic E-state index is -4.39. The normalized spacial score (nSPS) is 16.5. The van der Waals surface area contributed by atoms with Gasteiger partial charge in [0.25, 0.3) is 5.91 Å². The number of aromatic nitrogens is 5. The summed E-state index contributed by atoms with van der Waals surface area (Å²) in [6.07, 6.45) is -1.07. The minimum Gasteiger partial charge on any atom is -0.390 e. The first-order chi connectivity index (χ1) is 16.4. The van der Waals surface area contributed by atoms with Gasteiger partial charge in [0.15, 0.2) is 0 Å². The molecule has 0 aliphatic carbocycles. The third-order valence-corrected chi connectivity index (χ3v) is 5.83. The Kier molecular flexibility index (Phi) is 6.50. The fraction of sp³-hybridized carbons (Fsp3) is 0.435. The molecule has 0 radical (unpaired) electrons. The van der Waals surface area contributed by atoms with Gasteiger partial charge in [-0.05, 0) is 39.3 Å². The second-order valence-electron chi connectivity index (χ2n) is 9.15. The molecule has 1 saturated heterocycles. The van der Waals surface area contributed by atoms with Crippen LogP contribution in [0, 0.1) is 12.8 Å². The van der Waals surface area contributed by atoms with Crippen LogP contribution in [0.15, 0.2) is 36.7 Å². The van der Waals surface area contributed by atoms with Gasteiger partial charge in [0.1, 0.15) is 29.7 Å². The molecule has 2 N–H and O–H groups in total. The molecule has 3 aromatic rings. The van der Waals surface area contributed by atoms with Crippen molar-refractivity contribution in [2.75, 3.05) is 23.3 Å². The number of rotatable bonds is 6. The SMILES string of the molecule is Cc1nc(NC(=O)c2cccc(-c3cnn(CC(F)(F)F)c3)n2)cc(N2CC[C@@H](C(C)(C)O)C2)n1. The number of carbonyl (C=O) groups excluding carboxylic acids is 1. The highest BCUT2D eigenvalue weighted by atomic mass is 19.4. The summed E-state index contributed by atoms with van der Waals surface area (Å²) in [5, 5.41) is 16.8. The number of halogens is 3. The van der Waals surface area contributed by atoms with E-state index < -0.39 is 24.2 Å². The van der Waals surface area contributed by atoms with Gasteiger partial charge in [0, 0.05) is 36.8 Å². The van der Waals surface area contributed by atoms with Crippen molar-refractivity contribution in [3.63, 3.8) is 0 Å². The Balaban J connectivity index is 1.49. The van der Waals surface area contributed by atoms with Gasteiger partial charge in [-0.25, -0.2) is 15.0 Å². The molecule has 1 fully saturated rings. The van der Waals surface area contributed by atoms with Crippen molar-refractivity contribution < 1.29 is 23.1 Å². The number of aryl methyl sites for hydroxylation is 1. The largest absolute Gasteiger partial charge is 0.408 e. The first-order valence-corrected chi connectivity index (χ1v) is 11.1. The molecule has 1 aliphatic rings. The van der Waals surface area contributed by atoms with Crippen molar-refractivity contribution in [3.05, 3.63) is 48.2 Å². The summed E-state index contributed by atoms with van der Waals surface area (Å²) in [7, 11) is 0. The van der Waals surface area contributed by atoms with Gasteiger partial charge in [0.05, 0.1) is 17.5 Å². The Hall–Kier alpha value is -3.54. The van der Waals surface area contributed by atoms with Crippen LogP contribution in [0.1, 0.15) is 36.6 Å². The standard InChI is InChI=1S/C23H26F3N7O2/c1-14-28-19(9-20(29-14)32-8-7-16(12-32)22(2,3)35)31-21(34)18-6-4-5-17(30-18)15-10-27-33(11-15)13-23(24,25)26/h4-6,9-11,16,35H,7-8,12-13H2,1-3H3,(H,28,29,31,34)/t16-/m1/s1. The number of aliphatic hydroxyl groups is 1. The Morgan fingerprint density at radius 1 is 1.23 bits per heavy atom. The number of nitrogens with one attached hydrogen (secondary N) is 1. The van der Waals surface area contributed by atoms with E-state index in [1.165, 1.54) is 18.5 Å². The third kappa shape index (κ3) is 6.13. The molecule has 0 saturated carbocycles. The highest BCUT2D eigenvalue weighted by Gasteiger charge is 2.34. The lowest BCUT2D eigenvalue weighted by Gasteiger charge is -2.26. The topological polar surface area (TPSA) is 109 Å². The molecule has 186 valence electrons. The van der Waals surface area contributed by atoms with Gasteiger partial charge >= 0.3 is 6.18 Å². The lowest BCUT2D eigenvalue weighted by molar-refractivity contribution is -0.142. The predicted molar refractivity (Wildman–Crippen MR) is 123 cm³/mol. The predicted octanol–water partition coefficient (Wildman–Crippen LogP) is 3.46. The van der Waals surface area contributed by atoms with Crippen LogP contribution >= 0.6 is 0 Å². The summed E-state index contributed by atoms with van der Waals surface area (Å²) in [5.41, 5.74) is -0.0414. The van der Waals surface area contributed by atoms with Crippen molar-refractivity contribution in [1.29, 1.82) is 0 Å². The van der Waals surface area contributed by atoms with E-state index >= 15 is 0 Å². The monoisotopic (exact) mass is 489 g/mol. The van der Waals surface area contributed by atoms with E-state index in [1.54, 1.807) is 39.0 Å². The van der Waals surface area contributed by atoms with Crippen molar-refractivity contribution in [2.24, 2.45) is 5.92 Å². The van der Waals surface area contributed by atoms with E-state index in [1.807, 2.05) is 4.90 Å². The molecule has 0 spiro atoms. The van der Waals surface area contributed by atoms with Crippen molar-refractivity contribution in [2.45, 2.75) is 45.5 Å². The van der Waals surface area contributed by atoms with Crippen LogP contribution in [0.3, 0.4) is 0 Å². The third-order valence-electron chi connectivity index (χ3n) is 5.83. The van der Waals surface area contributed by atoms with E-state index in [2.05, 4.69) is 25.4 Å². The molecule has 1 amide bonds. The molecule has 4 rings (SSSR count). The molecule has 35 heavy (non-hydrogen) atoms. The van der Waals surface area contributed by atoms with Gasteiger partial charge in [-0.15, -0.1) is 0 Å². The smallest absolute Gasteiger partial charge is 0.390 e. The van der Waals surface area contributed by atoms with E-state index in [-0.39, 0.29) is 11.6 Å². The van der Waals surface area contributed by atoms with E-state index in [9.17, 15) is 23.1 Å². The zero-order valence-corrected chi connectivity index (χ0v) is 19.5. The van der Waals surface area contributed by atoms with Crippen LogP contribution in [0.4, 0.5) is 24.8 Å². The number of hydrogen-bond donors (Lipinski definition) is 2. The van der Waals surface area contributed by atoms with Crippen LogP contribution in [-0.4, -0.2) is 60.6 Å². The summed E-state index contributed by atoms with van der Waals surface area (Å²) in [5.74, 6) is 1.01. The molecule has 0 bridgehead atoms. The molecule has 12 heteroatoms. The molecule has 1 atom stereocenters. The zero-order valence-electron chi connectivity index (χ0n) is 19.5. The van der Waals surface area contributed by atoms with Crippen molar-refractivity contribution in [1.82, 2.24) is 24.7 Å². The van der Waals surface area contributed by atoms with Crippen molar-refractivity contribution >= 4 is 17.5 Å². The molecular weight excluding hydrogens is 463 g/mol. The summed E-state index contributed by atoms with van der Waals surface area (Å²) >= 11 is 0. The lowest BCUT2D eigenvalue weighted by Crippen LogP contribution is -2.33. The zero-order chi connectivity index (χ0) is 25.4. The Morgan fingerprint density at radius 2 is 2.00 bits per heavy atom. The van der Waals surface area contributed by atoms with Gasteiger partial charge in [-0.3, -0.25) is 9.48 Å². The second-order valence-corrected chi connectivity index (χ2v) is 9.15. The maximum atomic E-state index is 12.9. The number of hydrogen-bond acceptors (Lipinski definition) is 7. The van der Waals surface area contributed by atoms with Crippen LogP contribution in [-0.2, 0) is 6.54 Å². The summed E-state index contributed by atoms with van der Waals surface area (Å²) < 4.78 is 38.6. The molecule has 1 aliphatic heterocycles. The quantitative estimate of drug-likeness (QED) is 0.546. The van der Waals surface area contributed by atoms with E-state index in [0.29, 0.717) is 35.3 Å². The van der Waals surface area contributed by atoms with Crippen molar-refractivity contribution in [3.8, 4) is 11.3 Å². The van der Waals surface area contributed by atoms with E-state index in [4.69, 9.17) is 0 Å². The highest BCUT2D eigenvalue weighted by Crippen LogP contribution is 2.30. The highest BCUT2D eigenvalue weighted by molar-refractivity contribution is 6.02. The molecule has 3 aromatic heterocycles. The average Bonchev–Trinajstić information content (AvgIpc) is 3.42. The first-order valence-electron chi connectivity index (χ1n) is 11.1. The molecule has 0 unspecified atom stereocenters. The Bertz CT molecular complexity index is 1220. The second kappa shape index (κ2) is 9.25. The molecular formula is C23H26F3N7O2. The number of nitrogens with zero attached hydrogens (tertiary/aromatic N) is 6. The van der Waals surface area contributed by atoms with Gasteiger partial charge in [0.2, 0.25) is 0 Å². The van der Waals surface area contributed by atoms with Crippen LogP contribution in [0.5, 0.6) is 0 Å². The van der Waals surface area contributed by atoms with Crippen LogP contribution in [0.25, 0.3) is 11.3 Å². The lowest BCUT2D eigenvalue weighted by atomic mass is 9.90. The molecule has 9 nitrogen and oxygen atoms in total. The number of pyridine rings is 1. The maximum Gasteiger partial charge on any atom is 0.408 e. The fourth-order valence-corrected chi connectivity index (χ4v) is 3.99. The van der Waals surface area contributed by atoms with Gasteiger partial charge in [-0.1, -0.05) is 6.07 Å². The number of amides is 1. The first kappa shape index (κ1) is 24.6. The number of alkyl halides is 3. The van der Waals surface area contributed by atoms with Crippen LogP contribution in [0.2, 0.25) is 0 Å². The van der Waals surface area contributed by atoms with Crippen LogP contribution < -0.4 is 10.2 Å². The minimum absolute atomic E-state index is 0.0761. The Morgan fingerprint density at radius 3 is 2.69 bits per heavy atom. The molecule has 4 heterocycles. The number of anilines is 2. The Labute approximate surface area is 200 Å². The summed E-state index contributed by atoms with van der Waals surface area (Å²) in [4.78, 5) is 28.0. The summed E-state index contributed by atoms with van der Waals surface area (Å²) in [6.45, 7) is 5.46. The summed E-state index contributed by atoms with van der Waals surface area (Å²) in [6, 6.07) is 6.35.